The van der Waals surface area contributed by atoms with Gasteiger partial charge in [0.15, 0.2) is 0 Å². The maximum Gasteiger partial charge on any atom is 0.117 e. The van der Waals surface area contributed by atoms with Crippen molar-refractivity contribution in [1.82, 2.24) is 10.3 Å². The monoisotopic (exact) mass is 222 g/mol. The molecule has 0 amide bonds. The molecule has 0 saturated heterocycles. The van der Waals surface area contributed by atoms with Gasteiger partial charge in [-0.05, 0) is 26.0 Å². The summed E-state index contributed by atoms with van der Waals surface area (Å²) in [6, 6.07) is 3.97. The zero-order chi connectivity index (χ0) is 10.7. The molecule has 0 saturated carbocycles. The van der Waals surface area contributed by atoms with Crippen molar-refractivity contribution in [2.24, 2.45) is 0 Å². The molecule has 0 aliphatic rings. The lowest BCUT2D eigenvalue weighted by Crippen LogP contribution is -2.11. The number of rotatable bonds is 4. The maximum atomic E-state index is 5.45. The molecule has 0 aromatic carbocycles. The number of furan rings is 1. The van der Waals surface area contributed by atoms with Crippen molar-refractivity contribution in [3.05, 3.63) is 39.7 Å². The van der Waals surface area contributed by atoms with Gasteiger partial charge >= 0.3 is 0 Å². The van der Waals surface area contributed by atoms with Gasteiger partial charge in [-0.15, -0.1) is 11.3 Å². The van der Waals surface area contributed by atoms with E-state index in [1.807, 2.05) is 25.3 Å². The second-order valence-corrected chi connectivity index (χ2v) is 4.80. The van der Waals surface area contributed by atoms with Crippen LogP contribution in [0.25, 0.3) is 0 Å². The average molecular weight is 222 g/mol. The summed E-state index contributed by atoms with van der Waals surface area (Å²) < 4.78 is 5.45. The molecular formula is C11H14N2OS. The Bertz CT molecular complexity index is 393. The molecule has 2 aromatic heterocycles. The zero-order valence-electron chi connectivity index (χ0n) is 8.91. The summed E-state index contributed by atoms with van der Waals surface area (Å²) in [7, 11) is 0. The molecule has 80 valence electrons. The van der Waals surface area contributed by atoms with Gasteiger partial charge in [0.05, 0.1) is 6.54 Å². The molecule has 1 N–H and O–H groups in total. The minimum absolute atomic E-state index is 0.756. The molecule has 0 fully saturated rings. The lowest BCUT2D eigenvalue weighted by molar-refractivity contribution is 0.461. The van der Waals surface area contributed by atoms with Crippen LogP contribution in [0.2, 0.25) is 0 Å². The quantitative estimate of drug-likeness (QED) is 0.864. The number of hydrogen-bond acceptors (Lipinski definition) is 4. The van der Waals surface area contributed by atoms with E-state index < -0.39 is 0 Å². The van der Waals surface area contributed by atoms with Gasteiger partial charge in [0.1, 0.15) is 16.5 Å². The predicted octanol–water partition coefficient (Wildman–Crippen LogP) is 2.64. The molecule has 15 heavy (non-hydrogen) atoms. The minimum Gasteiger partial charge on any atom is -0.465 e. The van der Waals surface area contributed by atoms with Crippen LogP contribution in [0, 0.1) is 13.8 Å². The van der Waals surface area contributed by atoms with E-state index in [0.717, 1.165) is 29.6 Å². The topological polar surface area (TPSA) is 38.1 Å². The van der Waals surface area contributed by atoms with Gasteiger partial charge < -0.3 is 9.73 Å². The number of hydrogen-bond donors (Lipinski definition) is 1. The van der Waals surface area contributed by atoms with Crippen LogP contribution in [0.15, 0.2) is 22.7 Å². The largest absolute Gasteiger partial charge is 0.465 e. The third-order valence-corrected chi connectivity index (χ3v) is 2.95. The summed E-state index contributed by atoms with van der Waals surface area (Å²) in [5, 5.41) is 4.42. The third kappa shape index (κ3) is 2.91. The van der Waals surface area contributed by atoms with Crippen LogP contribution in [-0.4, -0.2) is 4.98 Å². The van der Waals surface area contributed by atoms with Gasteiger partial charge in [0.2, 0.25) is 0 Å². The van der Waals surface area contributed by atoms with E-state index >= 15 is 0 Å². The fourth-order valence-electron chi connectivity index (χ4n) is 1.36. The van der Waals surface area contributed by atoms with Crippen molar-refractivity contribution in [3.8, 4) is 0 Å². The summed E-state index contributed by atoms with van der Waals surface area (Å²) in [4.78, 5) is 5.53. The van der Waals surface area contributed by atoms with Gasteiger partial charge in [0, 0.05) is 17.6 Å². The second kappa shape index (κ2) is 4.59. The number of nitrogens with one attached hydrogen (secondary N) is 1. The van der Waals surface area contributed by atoms with Crippen LogP contribution >= 0.6 is 11.3 Å². The Labute approximate surface area is 93.2 Å². The number of aryl methyl sites for hydroxylation is 2. The van der Waals surface area contributed by atoms with Crippen molar-refractivity contribution in [1.29, 1.82) is 0 Å². The summed E-state index contributed by atoms with van der Waals surface area (Å²) in [5.41, 5.74) is 0. The van der Waals surface area contributed by atoms with Crippen LogP contribution < -0.4 is 5.32 Å². The SMILES string of the molecule is Cc1ccc(CNCc2ncc(C)s2)o1. The summed E-state index contributed by atoms with van der Waals surface area (Å²) in [6.45, 7) is 5.58. The van der Waals surface area contributed by atoms with E-state index in [-0.39, 0.29) is 0 Å². The molecule has 0 aliphatic carbocycles. The summed E-state index contributed by atoms with van der Waals surface area (Å²) in [6.07, 6.45) is 1.90. The molecule has 0 bridgehead atoms. The van der Waals surface area contributed by atoms with Crippen LogP contribution in [0.1, 0.15) is 21.4 Å². The maximum absolute atomic E-state index is 5.45. The molecule has 2 rings (SSSR count). The van der Waals surface area contributed by atoms with Crippen LogP contribution in [-0.2, 0) is 13.1 Å². The molecule has 0 aliphatic heterocycles. The van der Waals surface area contributed by atoms with Crippen molar-refractivity contribution in [2.45, 2.75) is 26.9 Å². The highest BCUT2D eigenvalue weighted by Gasteiger charge is 2.00. The molecule has 0 atom stereocenters. The standard InChI is InChI=1S/C11H14N2OS/c1-8-3-4-10(14-8)6-12-7-11-13-5-9(2)15-11/h3-5,12H,6-7H2,1-2H3. The Balaban J connectivity index is 1.80. The Kier molecular flexibility index (Phi) is 3.18. The van der Waals surface area contributed by atoms with Crippen LogP contribution in [0.3, 0.4) is 0 Å². The van der Waals surface area contributed by atoms with Gasteiger partial charge in [-0.25, -0.2) is 4.98 Å². The normalized spacial score (nSPS) is 10.8. The highest BCUT2D eigenvalue weighted by Crippen LogP contribution is 2.11. The Morgan fingerprint density at radius 2 is 2.20 bits per heavy atom. The molecule has 0 unspecified atom stereocenters. The third-order valence-electron chi connectivity index (χ3n) is 2.04. The first kappa shape index (κ1) is 10.4. The Hall–Kier alpha value is -1.13. The first-order valence-corrected chi connectivity index (χ1v) is 5.73. The van der Waals surface area contributed by atoms with Gasteiger partial charge in [-0.2, -0.15) is 0 Å². The second-order valence-electron chi connectivity index (χ2n) is 3.48. The molecular weight excluding hydrogens is 208 g/mol. The van der Waals surface area contributed by atoms with E-state index in [1.165, 1.54) is 4.88 Å². The lowest BCUT2D eigenvalue weighted by atomic mass is 10.4. The van der Waals surface area contributed by atoms with Crippen LogP contribution in [0.4, 0.5) is 0 Å². The fourth-order valence-corrected chi connectivity index (χ4v) is 2.11. The Morgan fingerprint density at radius 1 is 1.33 bits per heavy atom. The predicted molar refractivity (Wildman–Crippen MR) is 60.8 cm³/mol. The lowest BCUT2D eigenvalue weighted by Gasteiger charge is -1.98. The zero-order valence-corrected chi connectivity index (χ0v) is 9.73. The van der Waals surface area contributed by atoms with Crippen molar-refractivity contribution >= 4 is 11.3 Å². The number of nitrogens with zero attached hydrogens (tertiary/aromatic N) is 1. The smallest absolute Gasteiger partial charge is 0.117 e. The first-order valence-electron chi connectivity index (χ1n) is 4.91. The van der Waals surface area contributed by atoms with Crippen molar-refractivity contribution in [2.75, 3.05) is 0 Å². The number of thiazole rings is 1. The van der Waals surface area contributed by atoms with Gasteiger partial charge in [0.25, 0.3) is 0 Å². The van der Waals surface area contributed by atoms with E-state index in [9.17, 15) is 0 Å². The summed E-state index contributed by atoms with van der Waals surface area (Å²) >= 11 is 1.72. The molecule has 2 heterocycles. The van der Waals surface area contributed by atoms with Crippen LogP contribution in [0.5, 0.6) is 0 Å². The van der Waals surface area contributed by atoms with Gasteiger partial charge in [-0.3, -0.25) is 0 Å². The highest BCUT2D eigenvalue weighted by molar-refractivity contribution is 7.11. The molecule has 0 spiro atoms. The molecule has 3 nitrogen and oxygen atoms in total. The van der Waals surface area contributed by atoms with Gasteiger partial charge in [-0.1, -0.05) is 0 Å². The van der Waals surface area contributed by atoms with E-state index in [0.29, 0.717) is 0 Å². The fraction of sp³-hybridized carbons (Fsp3) is 0.364. The van der Waals surface area contributed by atoms with Crippen molar-refractivity contribution < 1.29 is 4.42 Å². The average Bonchev–Trinajstić information content (AvgIpc) is 2.76. The molecule has 4 heteroatoms. The minimum atomic E-state index is 0.756. The summed E-state index contributed by atoms with van der Waals surface area (Å²) in [5.74, 6) is 1.93. The van der Waals surface area contributed by atoms with E-state index in [1.54, 1.807) is 11.3 Å². The van der Waals surface area contributed by atoms with E-state index in [2.05, 4.69) is 17.2 Å². The number of aromatic nitrogens is 1. The first-order chi connectivity index (χ1) is 7.24. The van der Waals surface area contributed by atoms with Crippen molar-refractivity contribution in [3.63, 3.8) is 0 Å². The highest BCUT2D eigenvalue weighted by atomic mass is 32.1. The molecule has 0 radical (unpaired) electrons. The Morgan fingerprint density at radius 3 is 2.80 bits per heavy atom. The molecule has 2 aromatic rings. The van der Waals surface area contributed by atoms with E-state index in [4.69, 9.17) is 4.42 Å².